The molecule has 0 aliphatic carbocycles. The number of fused-ring (bicyclic) bond motifs is 1. The molecular formula is C16H23N3O4S. The van der Waals surface area contributed by atoms with Gasteiger partial charge in [0.05, 0.1) is 18.4 Å². The number of carbonyl (C=O) groups excluding carboxylic acids is 1. The SMILES string of the molecule is COC[C@@]12CCN(C(=O)c3cccnc3)C[C@@H]1CN(S(C)(=O)=O)C2. The highest BCUT2D eigenvalue weighted by atomic mass is 32.2. The summed E-state index contributed by atoms with van der Waals surface area (Å²) < 4.78 is 30.8. The summed E-state index contributed by atoms with van der Waals surface area (Å²) in [6.45, 7) is 2.57. The molecule has 3 heterocycles. The molecule has 2 atom stereocenters. The van der Waals surface area contributed by atoms with Crippen LogP contribution in [-0.2, 0) is 14.8 Å². The molecule has 7 nitrogen and oxygen atoms in total. The Morgan fingerprint density at radius 3 is 2.88 bits per heavy atom. The average molecular weight is 353 g/mol. The number of aromatic nitrogens is 1. The van der Waals surface area contributed by atoms with Gasteiger partial charge in [0.25, 0.3) is 5.91 Å². The Balaban J connectivity index is 1.80. The fraction of sp³-hybridized carbons (Fsp3) is 0.625. The van der Waals surface area contributed by atoms with Crippen molar-refractivity contribution in [1.29, 1.82) is 0 Å². The summed E-state index contributed by atoms with van der Waals surface area (Å²) in [5.74, 6) is 0.0356. The molecule has 0 bridgehead atoms. The molecule has 0 saturated carbocycles. The first-order valence-electron chi connectivity index (χ1n) is 7.99. The van der Waals surface area contributed by atoms with Crippen LogP contribution in [0.1, 0.15) is 16.8 Å². The smallest absolute Gasteiger partial charge is 0.255 e. The van der Waals surface area contributed by atoms with E-state index < -0.39 is 10.0 Å². The highest BCUT2D eigenvalue weighted by molar-refractivity contribution is 7.88. The third kappa shape index (κ3) is 3.18. The molecule has 0 aromatic carbocycles. The summed E-state index contributed by atoms with van der Waals surface area (Å²) >= 11 is 0. The molecule has 2 saturated heterocycles. The Labute approximate surface area is 142 Å². The van der Waals surface area contributed by atoms with Crippen LogP contribution in [0.2, 0.25) is 0 Å². The van der Waals surface area contributed by atoms with Crippen molar-refractivity contribution in [1.82, 2.24) is 14.2 Å². The van der Waals surface area contributed by atoms with Gasteiger partial charge in [-0.15, -0.1) is 0 Å². The molecule has 0 radical (unpaired) electrons. The van der Waals surface area contributed by atoms with E-state index >= 15 is 0 Å². The van der Waals surface area contributed by atoms with Gasteiger partial charge in [-0.05, 0) is 24.5 Å². The van der Waals surface area contributed by atoms with Gasteiger partial charge in [0.1, 0.15) is 0 Å². The van der Waals surface area contributed by atoms with E-state index in [2.05, 4.69) is 4.98 Å². The van der Waals surface area contributed by atoms with Gasteiger partial charge in [0.15, 0.2) is 0 Å². The van der Waals surface area contributed by atoms with Gasteiger partial charge >= 0.3 is 0 Å². The summed E-state index contributed by atoms with van der Waals surface area (Å²) in [7, 11) is -1.60. The van der Waals surface area contributed by atoms with Crippen molar-refractivity contribution >= 4 is 15.9 Å². The summed E-state index contributed by atoms with van der Waals surface area (Å²) in [4.78, 5) is 18.5. The number of amides is 1. The molecule has 8 heteroatoms. The minimum Gasteiger partial charge on any atom is -0.384 e. The zero-order chi connectivity index (χ0) is 17.4. The quantitative estimate of drug-likeness (QED) is 0.785. The highest BCUT2D eigenvalue weighted by Gasteiger charge is 2.52. The number of ether oxygens (including phenoxy) is 1. The minimum absolute atomic E-state index is 0.0491. The van der Waals surface area contributed by atoms with E-state index in [-0.39, 0.29) is 17.2 Å². The Bertz CT molecular complexity index is 709. The molecular weight excluding hydrogens is 330 g/mol. The van der Waals surface area contributed by atoms with E-state index in [4.69, 9.17) is 4.74 Å². The highest BCUT2D eigenvalue weighted by Crippen LogP contribution is 2.44. The van der Waals surface area contributed by atoms with E-state index in [0.717, 1.165) is 6.42 Å². The van der Waals surface area contributed by atoms with Gasteiger partial charge < -0.3 is 9.64 Å². The lowest BCUT2D eigenvalue weighted by Gasteiger charge is -2.43. The number of hydrogen-bond donors (Lipinski definition) is 0. The zero-order valence-corrected chi connectivity index (χ0v) is 14.8. The number of pyridine rings is 1. The molecule has 3 rings (SSSR count). The number of methoxy groups -OCH3 is 1. The lowest BCUT2D eigenvalue weighted by atomic mass is 9.73. The third-order valence-electron chi connectivity index (χ3n) is 5.20. The van der Waals surface area contributed by atoms with Crippen molar-refractivity contribution in [3.8, 4) is 0 Å². The van der Waals surface area contributed by atoms with Gasteiger partial charge in [0, 0.05) is 51.1 Å². The molecule has 2 aliphatic rings. The minimum atomic E-state index is -3.24. The first-order valence-corrected chi connectivity index (χ1v) is 9.84. The Morgan fingerprint density at radius 2 is 2.25 bits per heavy atom. The molecule has 0 spiro atoms. The molecule has 2 aliphatic heterocycles. The van der Waals surface area contributed by atoms with Crippen LogP contribution < -0.4 is 0 Å². The van der Waals surface area contributed by atoms with Crippen LogP contribution >= 0.6 is 0 Å². The van der Waals surface area contributed by atoms with Crippen molar-refractivity contribution in [3.63, 3.8) is 0 Å². The lowest BCUT2D eigenvalue weighted by Crippen LogP contribution is -2.50. The largest absolute Gasteiger partial charge is 0.384 e. The van der Waals surface area contributed by atoms with E-state index in [9.17, 15) is 13.2 Å². The van der Waals surface area contributed by atoms with E-state index in [0.29, 0.717) is 38.3 Å². The predicted octanol–water partition coefficient (Wildman–Crippen LogP) is 0.452. The number of sulfonamides is 1. The second-order valence-electron chi connectivity index (χ2n) is 6.79. The van der Waals surface area contributed by atoms with Crippen LogP contribution in [0.4, 0.5) is 0 Å². The maximum Gasteiger partial charge on any atom is 0.255 e. The predicted molar refractivity (Wildman–Crippen MR) is 89.0 cm³/mol. The maximum atomic E-state index is 12.7. The Morgan fingerprint density at radius 1 is 1.46 bits per heavy atom. The van der Waals surface area contributed by atoms with E-state index in [1.54, 1.807) is 36.5 Å². The molecule has 1 aromatic heterocycles. The second kappa shape index (κ2) is 6.42. The summed E-state index contributed by atoms with van der Waals surface area (Å²) in [5.41, 5.74) is 0.360. The van der Waals surface area contributed by atoms with Gasteiger partial charge in [-0.2, -0.15) is 0 Å². The number of carbonyl (C=O) groups is 1. The summed E-state index contributed by atoms with van der Waals surface area (Å²) in [6.07, 6.45) is 5.18. The van der Waals surface area contributed by atoms with E-state index in [1.165, 1.54) is 10.6 Å². The van der Waals surface area contributed by atoms with Gasteiger partial charge in [0.2, 0.25) is 10.0 Å². The maximum absolute atomic E-state index is 12.7. The zero-order valence-electron chi connectivity index (χ0n) is 14.0. The molecule has 1 amide bonds. The Hall–Kier alpha value is -1.51. The lowest BCUT2D eigenvalue weighted by molar-refractivity contribution is 0.00341. The first-order chi connectivity index (χ1) is 11.4. The van der Waals surface area contributed by atoms with Crippen LogP contribution in [0.25, 0.3) is 0 Å². The first kappa shape index (κ1) is 17.3. The van der Waals surface area contributed by atoms with E-state index in [1.807, 2.05) is 0 Å². The van der Waals surface area contributed by atoms with Crippen LogP contribution in [0.5, 0.6) is 0 Å². The Kier molecular flexibility index (Phi) is 4.63. The fourth-order valence-corrected chi connectivity index (χ4v) is 4.81. The number of piperidine rings is 1. The normalized spacial score (nSPS) is 27.9. The van der Waals surface area contributed by atoms with Gasteiger partial charge in [-0.25, -0.2) is 12.7 Å². The van der Waals surface area contributed by atoms with Crippen molar-refractivity contribution in [3.05, 3.63) is 30.1 Å². The number of nitrogens with zero attached hydrogens (tertiary/aromatic N) is 3. The third-order valence-corrected chi connectivity index (χ3v) is 6.41. The van der Waals surface area contributed by atoms with Crippen LogP contribution in [0.15, 0.2) is 24.5 Å². The number of rotatable bonds is 4. The molecule has 1 aromatic rings. The molecule has 0 N–H and O–H groups in total. The molecule has 0 unspecified atom stereocenters. The van der Waals surface area contributed by atoms with Crippen molar-refractivity contribution < 1.29 is 17.9 Å². The van der Waals surface area contributed by atoms with Gasteiger partial charge in [-0.3, -0.25) is 9.78 Å². The molecule has 2 fully saturated rings. The number of hydrogen-bond acceptors (Lipinski definition) is 5. The van der Waals surface area contributed by atoms with Crippen molar-refractivity contribution in [2.75, 3.05) is 46.2 Å². The topological polar surface area (TPSA) is 79.8 Å². The summed E-state index contributed by atoms with van der Waals surface area (Å²) in [5, 5.41) is 0. The van der Waals surface area contributed by atoms with Crippen molar-refractivity contribution in [2.24, 2.45) is 11.3 Å². The van der Waals surface area contributed by atoms with Crippen LogP contribution in [-0.4, -0.2) is 74.7 Å². The molecule has 132 valence electrons. The van der Waals surface area contributed by atoms with Gasteiger partial charge in [-0.1, -0.05) is 0 Å². The fourth-order valence-electron chi connectivity index (χ4n) is 3.87. The van der Waals surface area contributed by atoms with Crippen LogP contribution in [0.3, 0.4) is 0 Å². The summed E-state index contributed by atoms with van der Waals surface area (Å²) in [6, 6.07) is 3.50. The standard InChI is InChI=1S/C16H23N3O4S/c1-23-12-16-5-7-18(15(20)13-4-3-6-17-8-13)9-14(16)10-19(11-16)24(2,21)22/h3-4,6,8,14H,5,7,9-12H2,1-2H3/t14-,16+/m1/s1. The molecule has 24 heavy (non-hydrogen) atoms. The van der Waals surface area contributed by atoms with Crippen LogP contribution in [0, 0.1) is 11.3 Å². The average Bonchev–Trinajstić information content (AvgIpc) is 2.94. The second-order valence-corrected chi connectivity index (χ2v) is 8.77. The monoisotopic (exact) mass is 353 g/mol. The number of likely N-dealkylation sites (tertiary alicyclic amines) is 1. The van der Waals surface area contributed by atoms with Crippen molar-refractivity contribution in [2.45, 2.75) is 6.42 Å².